The van der Waals surface area contributed by atoms with Crippen LogP contribution in [0.25, 0.3) is 0 Å². The number of anilines is 1. The third-order valence-corrected chi connectivity index (χ3v) is 3.63. The number of aliphatic imine (C=N–C) groups is 1. The van der Waals surface area contributed by atoms with Crippen LogP contribution in [0.5, 0.6) is 0 Å². The number of carbonyl (C=O) groups excluding carboxylic acids is 1. The zero-order valence-electron chi connectivity index (χ0n) is 16.0. The molecular formula is C18H26IN5O3. The van der Waals surface area contributed by atoms with E-state index in [1.807, 2.05) is 32.9 Å². The van der Waals surface area contributed by atoms with Gasteiger partial charge in [-0.05, 0) is 38.5 Å². The number of guanidine groups is 1. The van der Waals surface area contributed by atoms with Gasteiger partial charge >= 0.3 is 6.09 Å². The molecule has 2 aromatic rings. The van der Waals surface area contributed by atoms with Crippen molar-refractivity contribution in [3.05, 3.63) is 47.2 Å². The highest BCUT2D eigenvalue weighted by Gasteiger charge is 2.06. The summed E-state index contributed by atoms with van der Waals surface area (Å²) in [4.78, 5) is 20.1. The van der Waals surface area contributed by atoms with Gasteiger partial charge in [0.2, 0.25) is 5.89 Å². The van der Waals surface area contributed by atoms with E-state index in [-0.39, 0.29) is 24.0 Å². The fourth-order valence-electron chi connectivity index (χ4n) is 2.15. The van der Waals surface area contributed by atoms with E-state index in [1.54, 1.807) is 12.1 Å². The number of carbonyl (C=O) groups is 1. The van der Waals surface area contributed by atoms with Crippen LogP contribution in [0.4, 0.5) is 10.5 Å². The van der Waals surface area contributed by atoms with Gasteiger partial charge in [-0.25, -0.2) is 14.8 Å². The van der Waals surface area contributed by atoms with Gasteiger partial charge in [-0.1, -0.05) is 12.1 Å². The van der Waals surface area contributed by atoms with Crippen LogP contribution in [0.1, 0.15) is 29.8 Å². The van der Waals surface area contributed by atoms with Crippen molar-refractivity contribution in [1.29, 1.82) is 0 Å². The van der Waals surface area contributed by atoms with Crippen molar-refractivity contribution in [2.24, 2.45) is 4.99 Å². The van der Waals surface area contributed by atoms with Crippen molar-refractivity contribution in [3.8, 4) is 0 Å². The molecule has 0 fully saturated rings. The number of nitrogens with zero attached hydrogens (tertiary/aromatic N) is 2. The second-order valence-corrected chi connectivity index (χ2v) is 5.61. The maximum atomic E-state index is 11.2. The van der Waals surface area contributed by atoms with Gasteiger partial charge in [0.05, 0.1) is 25.9 Å². The summed E-state index contributed by atoms with van der Waals surface area (Å²) in [6, 6.07) is 7.42. The molecule has 0 saturated heterocycles. The molecule has 0 radical (unpaired) electrons. The maximum Gasteiger partial charge on any atom is 0.411 e. The third-order valence-electron chi connectivity index (χ3n) is 3.63. The van der Waals surface area contributed by atoms with Crippen molar-refractivity contribution in [3.63, 3.8) is 0 Å². The number of methoxy groups -OCH3 is 1. The number of halogens is 1. The molecule has 1 aromatic carbocycles. The van der Waals surface area contributed by atoms with Gasteiger partial charge in [-0.15, -0.1) is 24.0 Å². The predicted octanol–water partition coefficient (Wildman–Crippen LogP) is 3.34. The molecule has 1 aromatic heterocycles. The lowest BCUT2D eigenvalue weighted by Crippen LogP contribution is -2.36. The molecule has 0 aliphatic heterocycles. The topological polar surface area (TPSA) is 101 Å². The highest BCUT2D eigenvalue weighted by atomic mass is 127. The summed E-state index contributed by atoms with van der Waals surface area (Å²) in [5.41, 5.74) is 2.58. The number of ether oxygens (including phenoxy) is 1. The fourth-order valence-corrected chi connectivity index (χ4v) is 2.15. The number of aromatic nitrogens is 1. The minimum absolute atomic E-state index is 0. The molecule has 0 bridgehead atoms. The van der Waals surface area contributed by atoms with E-state index >= 15 is 0 Å². The van der Waals surface area contributed by atoms with E-state index in [4.69, 9.17) is 4.42 Å². The quantitative estimate of drug-likeness (QED) is 0.328. The van der Waals surface area contributed by atoms with Crippen LogP contribution in [0.2, 0.25) is 0 Å². The molecule has 27 heavy (non-hydrogen) atoms. The van der Waals surface area contributed by atoms with E-state index in [0.717, 1.165) is 23.6 Å². The lowest BCUT2D eigenvalue weighted by Gasteiger charge is -2.10. The van der Waals surface area contributed by atoms with Crippen molar-refractivity contribution in [1.82, 2.24) is 15.6 Å². The van der Waals surface area contributed by atoms with Gasteiger partial charge in [0, 0.05) is 12.2 Å². The van der Waals surface area contributed by atoms with Gasteiger partial charge in [0.15, 0.2) is 5.96 Å². The molecule has 0 aliphatic carbocycles. The number of rotatable bonds is 6. The van der Waals surface area contributed by atoms with Crippen LogP contribution < -0.4 is 16.0 Å². The molecule has 0 unspecified atom stereocenters. The van der Waals surface area contributed by atoms with E-state index in [2.05, 4.69) is 30.7 Å². The van der Waals surface area contributed by atoms with Crippen LogP contribution >= 0.6 is 24.0 Å². The molecule has 1 amide bonds. The molecule has 9 heteroatoms. The first-order valence-corrected chi connectivity index (χ1v) is 8.40. The summed E-state index contributed by atoms with van der Waals surface area (Å²) in [6.45, 7) is 7.52. The summed E-state index contributed by atoms with van der Waals surface area (Å²) >= 11 is 0. The smallest absolute Gasteiger partial charge is 0.411 e. The number of amides is 1. The average Bonchev–Trinajstić information content (AvgIpc) is 2.96. The first-order valence-electron chi connectivity index (χ1n) is 8.40. The normalized spacial score (nSPS) is 10.7. The maximum absolute atomic E-state index is 11.2. The highest BCUT2D eigenvalue weighted by Crippen LogP contribution is 2.11. The SMILES string of the molecule is CCNC(=NCc1ccc(NC(=O)OC)cc1)NCc1nc(C)c(C)o1.I. The number of hydrogen-bond donors (Lipinski definition) is 3. The van der Waals surface area contributed by atoms with Gasteiger partial charge < -0.3 is 19.8 Å². The minimum atomic E-state index is -0.494. The Balaban J connectivity index is 0.00000364. The summed E-state index contributed by atoms with van der Waals surface area (Å²) in [5, 5.41) is 9.00. The summed E-state index contributed by atoms with van der Waals surface area (Å²) in [7, 11) is 1.33. The molecule has 2 rings (SSSR count). The molecule has 0 aliphatic rings. The second kappa shape index (κ2) is 11.4. The van der Waals surface area contributed by atoms with Gasteiger partial charge in [0.1, 0.15) is 5.76 Å². The number of benzene rings is 1. The first kappa shape index (κ1) is 22.7. The Kier molecular flexibility index (Phi) is 9.62. The van der Waals surface area contributed by atoms with Crippen LogP contribution in [-0.4, -0.2) is 30.7 Å². The van der Waals surface area contributed by atoms with Gasteiger partial charge in [-0.3, -0.25) is 5.32 Å². The monoisotopic (exact) mass is 487 g/mol. The Morgan fingerprint density at radius 3 is 2.48 bits per heavy atom. The highest BCUT2D eigenvalue weighted by molar-refractivity contribution is 14.0. The van der Waals surface area contributed by atoms with Crippen molar-refractivity contribution >= 4 is 41.7 Å². The molecule has 148 valence electrons. The standard InChI is InChI=1S/C18H25N5O3.HI/c1-5-19-17(21-11-16-22-12(2)13(3)26-16)20-10-14-6-8-15(9-7-14)23-18(24)25-4;/h6-9H,5,10-11H2,1-4H3,(H,23,24)(H2,19,20,21);1H. The van der Waals surface area contributed by atoms with E-state index in [9.17, 15) is 4.79 Å². The predicted molar refractivity (Wildman–Crippen MR) is 116 cm³/mol. The largest absolute Gasteiger partial charge is 0.453 e. The molecule has 0 spiro atoms. The minimum Gasteiger partial charge on any atom is -0.453 e. The summed E-state index contributed by atoms with van der Waals surface area (Å²) in [5.74, 6) is 2.13. The van der Waals surface area contributed by atoms with E-state index in [1.165, 1.54) is 7.11 Å². The van der Waals surface area contributed by atoms with Crippen LogP contribution in [-0.2, 0) is 17.8 Å². The lowest BCUT2D eigenvalue weighted by atomic mass is 10.2. The number of nitrogens with one attached hydrogen (secondary N) is 3. The number of oxazole rings is 1. The molecule has 3 N–H and O–H groups in total. The van der Waals surface area contributed by atoms with Crippen molar-refractivity contribution in [2.45, 2.75) is 33.9 Å². The molecule has 0 atom stereocenters. The Labute approximate surface area is 176 Å². The van der Waals surface area contributed by atoms with Crippen LogP contribution in [0.15, 0.2) is 33.7 Å². The molecule has 1 heterocycles. The first-order chi connectivity index (χ1) is 12.5. The lowest BCUT2D eigenvalue weighted by molar-refractivity contribution is 0.187. The van der Waals surface area contributed by atoms with Crippen molar-refractivity contribution < 1.29 is 13.9 Å². The molecule has 0 saturated carbocycles. The average molecular weight is 487 g/mol. The van der Waals surface area contributed by atoms with Crippen molar-refractivity contribution in [2.75, 3.05) is 19.0 Å². The molecular weight excluding hydrogens is 461 g/mol. The zero-order valence-corrected chi connectivity index (χ0v) is 18.3. The summed E-state index contributed by atoms with van der Waals surface area (Å²) < 4.78 is 10.1. The van der Waals surface area contributed by atoms with E-state index < -0.39 is 6.09 Å². The Bertz CT molecular complexity index is 739. The van der Waals surface area contributed by atoms with Gasteiger partial charge in [0.25, 0.3) is 0 Å². The Morgan fingerprint density at radius 1 is 1.22 bits per heavy atom. The number of hydrogen-bond acceptors (Lipinski definition) is 5. The van der Waals surface area contributed by atoms with E-state index in [0.29, 0.717) is 30.6 Å². The third kappa shape index (κ3) is 7.45. The zero-order chi connectivity index (χ0) is 18.9. The Morgan fingerprint density at radius 2 is 1.93 bits per heavy atom. The second-order valence-electron chi connectivity index (χ2n) is 5.61. The molecule has 8 nitrogen and oxygen atoms in total. The van der Waals surface area contributed by atoms with Gasteiger partial charge in [-0.2, -0.15) is 0 Å². The Hall–Kier alpha value is -2.30. The number of aryl methyl sites for hydroxylation is 2. The van der Waals surface area contributed by atoms with Crippen LogP contribution in [0, 0.1) is 13.8 Å². The summed E-state index contributed by atoms with van der Waals surface area (Å²) in [6.07, 6.45) is -0.494. The fraction of sp³-hybridized carbons (Fsp3) is 0.389. The van der Waals surface area contributed by atoms with Crippen LogP contribution in [0.3, 0.4) is 0 Å².